The van der Waals surface area contributed by atoms with E-state index in [2.05, 4.69) is 15.9 Å². The molecule has 88 valence electrons. The summed E-state index contributed by atoms with van der Waals surface area (Å²) in [6, 6.07) is 7.30. The minimum Gasteiger partial charge on any atom is -0.479 e. The Morgan fingerprint density at radius 2 is 1.75 bits per heavy atom. The van der Waals surface area contributed by atoms with Crippen molar-refractivity contribution in [2.24, 2.45) is 0 Å². The van der Waals surface area contributed by atoms with Gasteiger partial charge in [0.2, 0.25) is 0 Å². The summed E-state index contributed by atoms with van der Waals surface area (Å²) in [7, 11) is 0. The Kier molecular flexibility index (Phi) is 4.80. The summed E-state index contributed by atoms with van der Waals surface area (Å²) in [5.41, 5.74) is 0. The van der Waals surface area contributed by atoms with Gasteiger partial charge in [-0.1, -0.05) is 15.9 Å². The second-order valence-electron chi connectivity index (χ2n) is 3.70. The smallest absolute Gasteiger partial charge is 0.347 e. The highest BCUT2D eigenvalue weighted by molar-refractivity contribution is 9.10. The minimum absolute atomic E-state index is 0.122. The largest absolute Gasteiger partial charge is 0.479 e. The van der Waals surface area contributed by atoms with Crippen LogP contribution in [-0.4, -0.2) is 18.2 Å². The average Bonchev–Trinajstić information content (AvgIpc) is 2.20. The fourth-order valence-electron chi connectivity index (χ4n) is 1.09. The van der Waals surface area contributed by atoms with Crippen LogP contribution < -0.4 is 4.74 Å². The topological polar surface area (TPSA) is 35.5 Å². The van der Waals surface area contributed by atoms with Gasteiger partial charge in [0.25, 0.3) is 0 Å². The van der Waals surface area contributed by atoms with E-state index in [1.807, 2.05) is 26.0 Å². The zero-order chi connectivity index (χ0) is 12.1. The van der Waals surface area contributed by atoms with Crippen LogP contribution in [0.25, 0.3) is 0 Å². The monoisotopic (exact) mass is 286 g/mol. The number of hydrogen-bond donors (Lipinski definition) is 0. The van der Waals surface area contributed by atoms with Gasteiger partial charge in [-0.2, -0.15) is 0 Å². The molecule has 1 aromatic rings. The maximum atomic E-state index is 11.5. The quantitative estimate of drug-likeness (QED) is 0.798. The summed E-state index contributed by atoms with van der Waals surface area (Å²) in [5, 5.41) is 0. The predicted octanol–water partition coefficient (Wildman–Crippen LogP) is 3.17. The molecule has 0 aliphatic rings. The maximum Gasteiger partial charge on any atom is 0.347 e. The van der Waals surface area contributed by atoms with Crippen molar-refractivity contribution in [2.45, 2.75) is 33.0 Å². The van der Waals surface area contributed by atoms with Crippen molar-refractivity contribution >= 4 is 21.9 Å². The van der Waals surface area contributed by atoms with Gasteiger partial charge >= 0.3 is 5.97 Å². The standard InChI is InChI=1S/C12H15BrO3/c1-8(2)15-12(14)9(3)16-11-6-4-10(13)5-7-11/h4-9H,1-3H3. The first-order valence-corrected chi connectivity index (χ1v) is 5.91. The van der Waals surface area contributed by atoms with Crippen molar-refractivity contribution in [3.05, 3.63) is 28.7 Å². The normalized spacial score (nSPS) is 12.3. The SMILES string of the molecule is CC(C)OC(=O)C(C)Oc1ccc(Br)cc1. The highest BCUT2D eigenvalue weighted by atomic mass is 79.9. The zero-order valence-corrected chi connectivity index (χ0v) is 11.2. The first-order chi connectivity index (χ1) is 7.49. The fraction of sp³-hybridized carbons (Fsp3) is 0.417. The van der Waals surface area contributed by atoms with Gasteiger partial charge in [-0.3, -0.25) is 0 Å². The van der Waals surface area contributed by atoms with Crippen LogP contribution in [-0.2, 0) is 9.53 Å². The second-order valence-corrected chi connectivity index (χ2v) is 4.62. The van der Waals surface area contributed by atoms with Gasteiger partial charge in [0.15, 0.2) is 6.10 Å². The van der Waals surface area contributed by atoms with Crippen LogP contribution in [0.5, 0.6) is 5.75 Å². The number of esters is 1. The third-order valence-corrected chi connectivity index (χ3v) is 2.34. The Balaban J connectivity index is 2.53. The van der Waals surface area contributed by atoms with Gasteiger partial charge in [-0.25, -0.2) is 4.79 Å². The summed E-state index contributed by atoms with van der Waals surface area (Å²) in [4.78, 5) is 11.5. The lowest BCUT2D eigenvalue weighted by molar-refractivity contribution is -0.154. The van der Waals surface area contributed by atoms with Crippen LogP contribution in [0.2, 0.25) is 0 Å². The van der Waals surface area contributed by atoms with E-state index in [1.165, 1.54) is 0 Å². The highest BCUT2D eigenvalue weighted by Crippen LogP contribution is 2.17. The van der Waals surface area contributed by atoms with E-state index in [1.54, 1.807) is 19.1 Å². The summed E-state index contributed by atoms with van der Waals surface area (Å²) in [6.45, 7) is 5.29. The molecule has 3 nitrogen and oxygen atoms in total. The van der Waals surface area contributed by atoms with Crippen LogP contribution in [0.4, 0.5) is 0 Å². The van der Waals surface area contributed by atoms with Crippen LogP contribution in [0.3, 0.4) is 0 Å². The molecule has 0 N–H and O–H groups in total. The molecule has 16 heavy (non-hydrogen) atoms. The minimum atomic E-state index is -0.594. The Labute approximate surface area is 104 Å². The molecule has 1 rings (SSSR count). The molecule has 0 aliphatic carbocycles. The van der Waals surface area contributed by atoms with Crippen LogP contribution in [0, 0.1) is 0 Å². The van der Waals surface area contributed by atoms with E-state index in [4.69, 9.17) is 9.47 Å². The third kappa shape index (κ3) is 4.23. The molecule has 0 fully saturated rings. The average molecular weight is 287 g/mol. The summed E-state index contributed by atoms with van der Waals surface area (Å²) in [5.74, 6) is 0.300. The maximum absolute atomic E-state index is 11.5. The molecule has 0 bridgehead atoms. The predicted molar refractivity (Wildman–Crippen MR) is 65.5 cm³/mol. The third-order valence-electron chi connectivity index (χ3n) is 1.81. The Morgan fingerprint density at radius 1 is 1.19 bits per heavy atom. The van der Waals surface area contributed by atoms with Crippen molar-refractivity contribution in [3.8, 4) is 5.75 Å². The highest BCUT2D eigenvalue weighted by Gasteiger charge is 2.17. The van der Waals surface area contributed by atoms with Gasteiger partial charge in [0.05, 0.1) is 6.10 Å². The van der Waals surface area contributed by atoms with Gasteiger partial charge in [-0.05, 0) is 45.0 Å². The van der Waals surface area contributed by atoms with Crippen LogP contribution in [0.15, 0.2) is 28.7 Å². The zero-order valence-electron chi connectivity index (χ0n) is 9.57. The van der Waals surface area contributed by atoms with E-state index in [-0.39, 0.29) is 12.1 Å². The molecule has 0 heterocycles. The summed E-state index contributed by atoms with van der Waals surface area (Å²) < 4.78 is 11.4. The molecule has 0 radical (unpaired) electrons. The molecule has 0 aliphatic heterocycles. The molecule has 1 atom stereocenters. The second kappa shape index (κ2) is 5.89. The summed E-state index contributed by atoms with van der Waals surface area (Å²) >= 11 is 3.33. The van der Waals surface area contributed by atoms with Gasteiger partial charge < -0.3 is 9.47 Å². The van der Waals surface area contributed by atoms with Crippen molar-refractivity contribution in [2.75, 3.05) is 0 Å². The molecule has 0 saturated carbocycles. The molecule has 0 amide bonds. The van der Waals surface area contributed by atoms with Gasteiger partial charge in [0, 0.05) is 4.47 Å². The lowest BCUT2D eigenvalue weighted by Crippen LogP contribution is -2.28. The molecule has 1 unspecified atom stereocenters. The fourth-order valence-corrected chi connectivity index (χ4v) is 1.36. The van der Waals surface area contributed by atoms with Crippen LogP contribution >= 0.6 is 15.9 Å². The van der Waals surface area contributed by atoms with Crippen molar-refractivity contribution in [1.82, 2.24) is 0 Å². The Hall–Kier alpha value is -1.03. The van der Waals surface area contributed by atoms with Gasteiger partial charge in [-0.15, -0.1) is 0 Å². The van der Waals surface area contributed by atoms with E-state index < -0.39 is 6.10 Å². The number of rotatable bonds is 4. The number of carbonyl (C=O) groups is 1. The molecule has 1 aromatic carbocycles. The Bertz CT molecular complexity index is 346. The molecular formula is C12H15BrO3. The number of benzene rings is 1. The summed E-state index contributed by atoms with van der Waals surface area (Å²) in [6.07, 6.45) is -0.716. The Morgan fingerprint density at radius 3 is 2.25 bits per heavy atom. The lowest BCUT2D eigenvalue weighted by Gasteiger charge is -2.15. The molecule has 0 saturated heterocycles. The molecular weight excluding hydrogens is 272 g/mol. The number of carbonyl (C=O) groups excluding carboxylic acids is 1. The number of hydrogen-bond acceptors (Lipinski definition) is 3. The number of ether oxygens (including phenoxy) is 2. The van der Waals surface area contributed by atoms with E-state index in [9.17, 15) is 4.79 Å². The van der Waals surface area contributed by atoms with E-state index in [0.29, 0.717) is 5.75 Å². The van der Waals surface area contributed by atoms with Crippen molar-refractivity contribution < 1.29 is 14.3 Å². The van der Waals surface area contributed by atoms with Crippen LogP contribution in [0.1, 0.15) is 20.8 Å². The van der Waals surface area contributed by atoms with Crippen molar-refractivity contribution in [3.63, 3.8) is 0 Å². The first-order valence-electron chi connectivity index (χ1n) is 5.11. The van der Waals surface area contributed by atoms with E-state index in [0.717, 1.165) is 4.47 Å². The number of halogens is 1. The van der Waals surface area contributed by atoms with Gasteiger partial charge in [0.1, 0.15) is 5.75 Å². The molecule has 0 aromatic heterocycles. The van der Waals surface area contributed by atoms with Crippen molar-refractivity contribution in [1.29, 1.82) is 0 Å². The lowest BCUT2D eigenvalue weighted by atomic mass is 10.3. The molecule has 4 heteroatoms. The molecule has 0 spiro atoms. The first kappa shape index (κ1) is 13.0. The van der Waals surface area contributed by atoms with E-state index >= 15 is 0 Å².